The Balaban J connectivity index is 4.05. The molecule has 2 atom stereocenters. The molecule has 114 valence electrons. The maximum Gasteiger partial charge on any atom is 0.147 e. The van der Waals surface area contributed by atoms with Gasteiger partial charge in [0, 0.05) is 7.11 Å². The van der Waals surface area contributed by atoms with Gasteiger partial charge in [-0.05, 0) is 33.6 Å². The van der Waals surface area contributed by atoms with Gasteiger partial charge in [-0.25, -0.2) is 0 Å². The molecule has 0 aromatic carbocycles. The van der Waals surface area contributed by atoms with Gasteiger partial charge in [-0.15, -0.1) is 6.58 Å². The number of hydrogen-bond acceptors (Lipinski definition) is 5. The molecule has 0 aliphatic rings. The predicted molar refractivity (Wildman–Crippen MR) is 73.9 cm³/mol. The van der Waals surface area contributed by atoms with Crippen LogP contribution in [-0.2, 0) is 14.2 Å². The van der Waals surface area contributed by atoms with Gasteiger partial charge in [0.15, 0.2) is 0 Å². The van der Waals surface area contributed by atoms with Crippen LogP contribution in [0.25, 0.3) is 0 Å². The van der Waals surface area contributed by atoms with Crippen LogP contribution >= 0.6 is 0 Å². The van der Waals surface area contributed by atoms with E-state index in [1.807, 2.05) is 6.92 Å². The SMILES string of the molecule is C=C[C@@](C)(CCC(O)C(C)(C)O)OCOCCOC. The summed E-state index contributed by atoms with van der Waals surface area (Å²) in [5.74, 6) is 0. The molecule has 0 aliphatic carbocycles. The Bertz CT molecular complexity index is 249. The molecule has 0 aromatic heterocycles. The molecule has 5 heteroatoms. The third-order valence-corrected chi connectivity index (χ3v) is 3.07. The normalized spacial score (nSPS) is 16.9. The quantitative estimate of drug-likeness (QED) is 0.340. The standard InChI is InChI=1S/C14H28O5/c1-6-14(4,19-11-18-10-9-17-5)8-7-12(15)13(2,3)16/h6,12,15-16H,1,7-11H2,2-5H3/t12?,14-/m0/s1. The fourth-order valence-electron chi connectivity index (χ4n) is 1.39. The zero-order valence-corrected chi connectivity index (χ0v) is 12.5. The van der Waals surface area contributed by atoms with Crippen molar-refractivity contribution < 1.29 is 24.4 Å². The van der Waals surface area contributed by atoms with E-state index in [9.17, 15) is 10.2 Å². The van der Waals surface area contributed by atoms with Crippen molar-refractivity contribution in [1.82, 2.24) is 0 Å². The molecule has 0 saturated carbocycles. The lowest BCUT2D eigenvalue weighted by Crippen LogP contribution is -2.38. The number of methoxy groups -OCH3 is 1. The Hall–Kier alpha value is -0.460. The van der Waals surface area contributed by atoms with Crippen LogP contribution in [0.2, 0.25) is 0 Å². The molecule has 0 bridgehead atoms. The second-order valence-electron chi connectivity index (χ2n) is 5.39. The van der Waals surface area contributed by atoms with E-state index < -0.39 is 17.3 Å². The summed E-state index contributed by atoms with van der Waals surface area (Å²) in [6.07, 6.45) is 1.85. The van der Waals surface area contributed by atoms with Gasteiger partial charge in [0.05, 0.1) is 30.5 Å². The summed E-state index contributed by atoms with van der Waals surface area (Å²) in [6.45, 7) is 9.90. The fourth-order valence-corrected chi connectivity index (χ4v) is 1.39. The van der Waals surface area contributed by atoms with Crippen LogP contribution in [-0.4, -0.2) is 54.6 Å². The summed E-state index contributed by atoms with van der Waals surface area (Å²) >= 11 is 0. The molecule has 0 rings (SSSR count). The molecule has 0 aromatic rings. The average molecular weight is 276 g/mol. The van der Waals surface area contributed by atoms with Gasteiger partial charge >= 0.3 is 0 Å². The second-order valence-corrected chi connectivity index (χ2v) is 5.39. The third kappa shape index (κ3) is 8.34. The van der Waals surface area contributed by atoms with Crippen LogP contribution in [0.4, 0.5) is 0 Å². The van der Waals surface area contributed by atoms with Gasteiger partial charge in [-0.1, -0.05) is 6.08 Å². The van der Waals surface area contributed by atoms with E-state index in [-0.39, 0.29) is 6.79 Å². The molecular formula is C14H28O5. The predicted octanol–water partition coefficient (Wildman–Crippen LogP) is 1.48. The molecule has 1 unspecified atom stereocenters. The Kier molecular flexibility index (Phi) is 8.45. The lowest BCUT2D eigenvalue weighted by molar-refractivity contribution is -0.130. The van der Waals surface area contributed by atoms with Crippen LogP contribution in [0.1, 0.15) is 33.6 Å². The molecule has 0 spiro atoms. The van der Waals surface area contributed by atoms with E-state index >= 15 is 0 Å². The first-order chi connectivity index (χ1) is 8.75. The second kappa shape index (κ2) is 8.66. The van der Waals surface area contributed by atoms with Crippen LogP contribution in [0, 0.1) is 0 Å². The average Bonchev–Trinajstić information content (AvgIpc) is 2.34. The van der Waals surface area contributed by atoms with Gasteiger partial charge in [0.1, 0.15) is 6.79 Å². The van der Waals surface area contributed by atoms with Crippen molar-refractivity contribution in [1.29, 1.82) is 0 Å². The zero-order chi connectivity index (χ0) is 14.9. The molecule has 19 heavy (non-hydrogen) atoms. The minimum atomic E-state index is -1.11. The van der Waals surface area contributed by atoms with E-state index in [0.717, 1.165) is 0 Å². The molecule has 0 amide bonds. The monoisotopic (exact) mass is 276 g/mol. The fraction of sp³-hybridized carbons (Fsp3) is 0.857. The Morgan fingerprint density at radius 3 is 2.37 bits per heavy atom. The van der Waals surface area contributed by atoms with Crippen LogP contribution in [0.15, 0.2) is 12.7 Å². The Labute approximate surface area is 116 Å². The minimum Gasteiger partial charge on any atom is -0.390 e. The molecule has 0 heterocycles. The molecule has 0 radical (unpaired) electrons. The lowest BCUT2D eigenvalue weighted by atomic mass is 9.91. The van der Waals surface area contributed by atoms with Gasteiger partial charge < -0.3 is 24.4 Å². The number of aliphatic hydroxyl groups is 2. The van der Waals surface area contributed by atoms with Crippen LogP contribution in [0.3, 0.4) is 0 Å². The summed E-state index contributed by atoms with van der Waals surface area (Å²) in [7, 11) is 1.61. The maximum absolute atomic E-state index is 9.80. The van der Waals surface area contributed by atoms with Gasteiger partial charge in [-0.3, -0.25) is 0 Å². The highest BCUT2D eigenvalue weighted by Gasteiger charge is 2.28. The maximum atomic E-state index is 9.80. The first kappa shape index (κ1) is 18.5. The highest BCUT2D eigenvalue weighted by atomic mass is 16.7. The summed E-state index contributed by atoms with van der Waals surface area (Å²) < 4.78 is 15.7. The van der Waals surface area contributed by atoms with E-state index in [2.05, 4.69) is 6.58 Å². The van der Waals surface area contributed by atoms with Gasteiger partial charge in [-0.2, -0.15) is 0 Å². The molecule has 5 nitrogen and oxygen atoms in total. The van der Waals surface area contributed by atoms with E-state index in [4.69, 9.17) is 14.2 Å². The largest absolute Gasteiger partial charge is 0.390 e. The van der Waals surface area contributed by atoms with E-state index in [0.29, 0.717) is 26.1 Å². The van der Waals surface area contributed by atoms with Crippen molar-refractivity contribution in [3.8, 4) is 0 Å². The van der Waals surface area contributed by atoms with Crippen molar-refractivity contribution >= 4 is 0 Å². The summed E-state index contributed by atoms with van der Waals surface area (Å²) in [6, 6.07) is 0. The van der Waals surface area contributed by atoms with E-state index in [1.165, 1.54) is 0 Å². The van der Waals surface area contributed by atoms with Crippen LogP contribution < -0.4 is 0 Å². The van der Waals surface area contributed by atoms with E-state index in [1.54, 1.807) is 27.0 Å². The van der Waals surface area contributed by atoms with Crippen molar-refractivity contribution in [2.75, 3.05) is 27.1 Å². The number of ether oxygens (including phenoxy) is 3. The number of rotatable bonds is 11. The highest BCUT2D eigenvalue weighted by Crippen LogP contribution is 2.23. The van der Waals surface area contributed by atoms with Crippen molar-refractivity contribution in [2.24, 2.45) is 0 Å². The smallest absolute Gasteiger partial charge is 0.147 e. The summed E-state index contributed by atoms with van der Waals surface area (Å²) in [5.41, 5.74) is -1.70. The molecular weight excluding hydrogens is 248 g/mol. The van der Waals surface area contributed by atoms with Crippen LogP contribution in [0.5, 0.6) is 0 Å². The number of aliphatic hydroxyl groups excluding tert-OH is 1. The first-order valence-electron chi connectivity index (χ1n) is 6.50. The van der Waals surface area contributed by atoms with Crippen molar-refractivity contribution in [3.05, 3.63) is 12.7 Å². The Morgan fingerprint density at radius 2 is 1.89 bits per heavy atom. The Morgan fingerprint density at radius 1 is 1.26 bits per heavy atom. The third-order valence-electron chi connectivity index (χ3n) is 3.07. The summed E-state index contributed by atoms with van der Waals surface area (Å²) in [4.78, 5) is 0. The molecule has 0 saturated heterocycles. The van der Waals surface area contributed by atoms with Gasteiger partial charge in [0.25, 0.3) is 0 Å². The molecule has 2 N–H and O–H groups in total. The lowest BCUT2D eigenvalue weighted by Gasteiger charge is -2.30. The zero-order valence-electron chi connectivity index (χ0n) is 12.5. The molecule has 0 aliphatic heterocycles. The van der Waals surface area contributed by atoms with Crippen molar-refractivity contribution in [3.63, 3.8) is 0 Å². The minimum absolute atomic E-state index is 0.143. The van der Waals surface area contributed by atoms with Crippen molar-refractivity contribution in [2.45, 2.75) is 50.9 Å². The topological polar surface area (TPSA) is 68.2 Å². The highest BCUT2D eigenvalue weighted by molar-refractivity contribution is 4.94. The summed E-state index contributed by atoms with van der Waals surface area (Å²) in [5, 5.41) is 19.5. The first-order valence-corrected chi connectivity index (χ1v) is 6.50. The molecule has 0 fully saturated rings. The van der Waals surface area contributed by atoms with Gasteiger partial charge in [0.2, 0.25) is 0 Å². The number of hydrogen-bond donors (Lipinski definition) is 2.